The summed E-state index contributed by atoms with van der Waals surface area (Å²) in [5.41, 5.74) is 0. The summed E-state index contributed by atoms with van der Waals surface area (Å²) in [5, 5.41) is 0. The number of hydrogen-bond donors (Lipinski definition) is 0. The van der Waals surface area contributed by atoms with Gasteiger partial charge in [-0.1, -0.05) is 393 Å². The van der Waals surface area contributed by atoms with E-state index < -0.39 is 6.10 Å². The number of hydrogen-bond acceptors (Lipinski definition) is 6. The standard InChI is InChI=1S/C73H142O6/c1-4-7-10-13-16-19-22-25-28-31-33-35-36-38-39-42-45-48-51-54-57-60-63-66-72(75)78-69-70(68-77-71(74)65-62-59-56-53-50-47-44-41-30-27-24-21-18-15-12-9-6-3)79-73(76)67-64-61-58-55-52-49-46-43-40-37-34-32-29-26-23-20-17-14-11-8-5-2/h70H,4-69H2,1-3H3. The molecular weight excluding hydrogens is 973 g/mol. The van der Waals surface area contributed by atoms with E-state index in [9.17, 15) is 14.4 Å². The van der Waals surface area contributed by atoms with Gasteiger partial charge in [-0.2, -0.15) is 0 Å². The Kier molecular flexibility index (Phi) is 67.5. The van der Waals surface area contributed by atoms with E-state index in [0.717, 1.165) is 57.8 Å². The fraction of sp³-hybridized carbons (Fsp3) is 0.959. The molecule has 0 aliphatic carbocycles. The Hall–Kier alpha value is -1.59. The van der Waals surface area contributed by atoms with Crippen LogP contribution in [0.25, 0.3) is 0 Å². The minimum absolute atomic E-state index is 0.0599. The lowest BCUT2D eigenvalue weighted by molar-refractivity contribution is -0.167. The van der Waals surface area contributed by atoms with E-state index in [2.05, 4.69) is 20.8 Å². The first kappa shape index (κ1) is 77.4. The molecule has 1 unspecified atom stereocenters. The van der Waals surface area contributed by atoms with Crippen molar-refractivity contribution in [3.05, 3.63) is 0 Å². The normalized spacial score (nSPS) is 11.9. The van der Waals surface area contributed by atoms with Gasteiger partial charge >= 0.3 is 17.9 Å². The summed E-state index contributed by atoms with van der Waals surface area (Å²) in [6, 6.07) is 0. The Balaban J connectivity index is 4.25. The van der Waals surface area contributed by atoms with Gasteiger partial charge in [0.15, 0.2) is 6.10 Å². The van der Waals surface area contributed by atoms with Gasteiger partial charge in [0.1, 0.15) is 13.2 Å². The van der Waals surface area contributed by atoms with Gasteiger partial charge in [-0.15, -0.1) is 0 Å². The highest BCUT2D eigenvalue weighted by atomic mass is 16.6. The first-order chi connectivity index (χ1) is 39.0. The third-order valence-corrected chi connectivity index (χ3v) is 17.1. The molecule has 0 N–H and O–H groups in total. The predicted octanol–water partition coefficient (Wildman–Crippen LogP) is 25.0. The van der Waals surface area contributed by atoms with Crippen LogP contribution in [0.15, 0.2) is 0 Å². The Morgan fingerprint density at radius 2 is 0.342 bits per heavy atom. The summed E-state index contributed by atoms with van der Waals surface area (Å²) in [4.78, 5) is 38.5. The molecule has 0 saturated heterocycles. The molecule has 0 aliphatic heterocycles. The predicted molar refractivity (Wildman–Crippen MR) is 344 cm³/mol. The van der Waals surface area contributed by atoms with Crippen LogP contribution < -0.4 is 0 Å². The Bertz CT molecular complexity index is 1190. The number of carbonyl (C=O) groups is 3. The third kappa shape index (κ3) is 67.1. The maximum atomic E-state index is 13.0. The lowest BCUT2D eigenvalue weighted by Crippen LogP contribution is -2.30. The minimum atomic E-state index is -0.764. The van der Waals surface area contributed by atoms with Crippen LogP contribution in [0.5, 0.6) is 0 Å². The number of ether oxygens (including phenoxy) is 3. The van der Waals surface area contributed by atoms with Crippen LogP contribution in [0.2, 0.25) is 0 Å². The molecule has 6 heteroatoms. The highest BCUT2D eigenvalue weighted by molar-refractivity contribution is 5.71. The van der Waals surface area contributed by atoms with Crippen molar-refractivity contribution in [2.45, 2.75) is 438 Å². The van der Waals surface area contributed by atoms with E-state index in [1.807, 2.05) is 0 Å². The topological polar surface area (TPSA) is 78.9 Å². The smallest absolute Gasteiger partial charge is 0.306 e. The average molecular weight is 1120 g/mol. The summed E-state index contributed by atoms with van der Waals surface area (Å²) in [6.07, 6.45) is 81.3. The van der Waals surface area contributed by atoms with Crippen molar-refractivity contribution in [1.29, 1.82) is 0 Å². The summed E-state index contributed by atoms with van der Waals surface area (Å²) in [6.45, 7) is 6.76. The maximum Gasteiger partial charge on any atom is 0.306 e. The van der Waals surface area contributed by atoms with Crippen molar-refractivity contribution < 1.29 is 28.6 Å². The van der Waals surface area contributed by atoms with Crippen LogP contribution in [0.3, 0.4) is 0 Å². The van der Waals surface area contributed by atoms with Crippen molar-refractivity contribution in [2.24, 2.45) is 0 Å². The number of rotatable bonds is 69. The molecule has 0 amide bonds. The number of unbranched alkanes of at least 4 members (excludes halogenated alkanes) is 58. The zero-order valence-electron chi connectivity index (χ0n) is 54.2. The van der Waals surface area contributed by atoms with Gasteiger partial charge in [-0.25, -0.2) is 0 Å². The van der Waals surface area contributed by atoms with Crippen molar-refractivity contribution in [2.75, 3.05) is 13.2 Å². The monoisotopic (exact) mass is 1120 g/mol. The molecule has 0 aliphatic rings. The van der Waals surface area contributed by atoms with Crippen LogP contribution in [0.4, 0.5) is 0 Å². The molecule has 0 spiro atoms. The van der Waals surface area contributed by atoms with Gasteiger partial charge in [0.05, 0.1) is 0 Å². The molecule has 470 valence electrons. The number of carbonyl (C=O) groups excluding carboxylic acids is 3. The second-order valence-corrected chi connectivity index (χ2v) is 25.2. The molecule has 0 rings (SSSR count). The van der Waals surface area contributed by atoms with Crippen molar-refractivity contribution in [3.63, 3.8) is 0 Å². The summed E-state index contributed by atoms with van der Waals surface area (Å²) >= 11 is 0. The third-order valence-electron chi connectivity index (χ3n) is 17.1. The summed E-state index contributed by atoms with van der Waals surface area (Å²) < 4.78 is 17.0. The van der Waals surface area contributed by atoms with Crippen molar-refractivity contribution >= 4 is 17.9 Å². The van der Waals surface area contributed by atoms with Gasteiger partial charge in [0.25, 0.3) is 0 Å². The molecule has 1 atom stereocenters. The molecule has 0 aromatic rings. The minimum Gasteiger partial charge on any atom is -0.462 e. The largest absolute Gasteiger partial charge is 0.462 e. The SMILES string of the molecule is CCCCCCCCCCCCCCCCCCCCCCCCCC(=O)OCC(COC(=O)CCCCCCCCCCCCCCCCCCC)OC(=O)CCCCCCCCCCCCCCCCCCCCCCC. The van der Waals surface area contributed by atoms with Crippen molar-refractivity contribution in [1.82, 2.24) is 0 Å². The van der Waals surface area contributed by atoms with Gasteiger partial charge in [-0.05, 0) is 19.3 Å². The number of esters is 3. The van der Waals surface area contributed by atoms with Gasteiger partial charge in [0.2, 0.25) is 0 Å². The summed E-state index contributed by atoms with van der Waals surface area (Å²) in [7, 11) is 0. The molecule has 0 saturated carbocycles. The zero-order valence-corrected chi connectivity index (χ0v) is 54.2. The van der Waals surface area contributed by atoms with Crippen molar-refractivity contribution in [3.8, 4) is 0 Å². The van der Waals surface area contributed by atoms with Gasteiger partial charge < -0.3 is 14.2 Å². The molecular formula is C73H142O6. The molecule has 0 radical (unpaired) electrons. The van der Waals surface area contributed by atoms with Crippen LogP contribution in [0.1, 0.15) is 432 Å². The first-order valence-corrected chi connectivity index (χ1v) is 36.5. The second-order valence-electron chi connectivity index (χ2n) is 25.2. The maximum absolute atomic E-state index is 13.0. The van der Waals surface area contributed by atoms with Crippen LogP contribution >= 0.6 is 0 Å². The fourth-order valence-corrected chi connectivity index (χ4v) is 11.6. The highest BCUT2D eigenvalue weighted by Gasteiger charge is 2.20. The van der Waals surface area contributed by atoms with E-state index in [0.29, 0.717) is 19.3 Å². The van der Waals surface area contributed by atoms with Crippen LogP contribution in [-0.2, 0) is 28.6 Å². The van der Waals surface area contributed by atoms with E-state index in [4.69, 9.17) is 14.2 Å². The van der Waals surface area contributed by atoms with E-state index in [1.54, 1.807) is 0 Å². The Labute approximate surface area is 495 Å². The van der Waals surface area contributed by atoms with Crippen LogP contribution in [0, 0.1) is 0 Å². The van der Waals surface area contributed by atoms with E-state index in [-0.39, 0.29) is 31.1 Å². The molecule has 0 aromatic carbocycles. The van der Waals surface area contributed by atoms with Crippen LogP contribution in [-0.4, -0.2) is 37.2 Å². The highest BCUT2D eigenvalue weighted by Crippen LogP contribution is 2.20. The molecule has 0 aromatic heterocycles. The lowest BCUT2D eigenvalue weighted by Gasteiger charge is -2.18. The fourth-order valence-electron chi connectivity index (χ4n) is 11.6. The molecule has 6 nitrogen and oxygen atoms in total. The zero-order chi connectivity index (χ0) is 57.1. The van der Waals surface area contributed by atoms with E-state index in [1.165, 1.54) is 334 Å². The Morgan fingerprint density at radius 3 is 0.506 bits per heavy atom. The second kappa shape index (κ2) is 68.9. The van der Waals surface area contributed by atoms with Gasteiger partial charge in [0, 0.05) is 19.3 Å². The average Bonchev–Trinajstić information content (AvgIpc) is 3.45. The summed E-state index contributed by atoms with van der Waals surface area (Å²) in [5.74, 6) is -0.815. The first-order valence-electron chi connectivity index (χ1n) is 36.5. The van der Waals surface area contributed by atoms with E-state index >= 15 is 0 Å². The molecule has 0 bridgehead atoms. The lowest BCUT2D eigenvalue weighted by atomic mass is 10.0. The quantitative estimate of drug-likeness (QED) is 0.0343. The molecule has 0 heterocycles. The molecule has 79 heavy (non-hydrogen) atoms. The Morgan fingerprint density at radius 1 is 0.203 bits per heavy atom. The molecule has 0 fully saturated rings. The van der Waals surface area contributed by atoms with Gasteiger partial charge in [-0.3, -0.25) is 14.4 Å².